The zero-order chi connectivity index (χ0) is 16.3. The Labute approximate surface area is 123 Å². The molecule has 4 N–H and O–H groups in total. The second kappa shape index (κ2) is 6.69. The number of hydrogen-bond acceptors (Lipinski definition) is 5. The van der Waals surface area contributed by atoms with E-state index in [1.807, 2.05) is 0 Å². The number of nitrogens with two attached hydrogens (primary N) is 1. The van der Waals surface area contributed by atoms with Crippen LogP contribution >= 0.6 is 0 Å². The van der Waals surface area contributed by atoms with Gasteiger partial charge in [-0.3, -0.25) is 0 Å². The largest absolute Gasteiger partial charge is 0.399 e. The Morgan fingerprint density at radius 3 is 2.29 bits per heavy atom. The molecular formula is C11H18FN3O4S2. The molecule has 0 saturated heterocycles. The van der Waals surface area contributed by atoms with Crippen molar-refractivity contribution in [2.45, 2.75) is 18.2 Å². The number of rotatable bonds is 7. The van der Waals surface area contributed by atoms with E-state index in [1.54, 1.807) is 0 Å². The molecule has 0 unspecified atom stereocenters. The Balaban J connectivity index is 2.71. The summed E-state index contributed by atoms with van der Waals surface area (Å²) in [7, 11) is -7.35. The first-order valence-electron chi connectivity index (χ1n) is 6.03. The standard InChI is InChI=1S/C11H18FN3O4S2/c1-8-6-9(13)7-10(11(8)12)21(18,19)15-5-3-4-14-20(2,16)17/h6-7,14-15H,3-5,13H2,1-2H3. The summed E-state index contributed by atoms with van der Waals surface area (Å²) in [6.45, 7) is 1.47. The molecule has 10 heteroatoms. The highest BCUT2D eigenvalue weighted by atomic mass is 32.2. The molecule has 0 aliphatic carbocycles. The average molecular weight is 339 g/mol. The SMILES string of the molecule is Cc1cc(N)cc(S(=O)(=O)NCCCNS(C)(=O)=O)c1F. The number of halogens is 1. The molecule has 120 valence electrons. The number of anilines is 1. The maximum atomic E-state index is 13.8. The second-order valence-electron chi connectivity index (χ2n) is 4.57. The topological polar surface area (TPSA) is 118 Å². The highest BCUT2D eigenvalue weighted by molar-refractivity contribution is 7.89. The van der Waals surface area contributed by atoms with Gasteiger partial charge < -0.3 is 5.73 Å². The van der Waals surface area contributed by atoms with Crippen LogP contribution in [0.4, 0.5) is 10.1 Å². The Morgan fingerprint density at radius 1 is 1.14 bits per heavy atom. The van der Waals surface area contributed by atoms with Crippen LogP contribution in [0.2, 0.25) is 0 Å². The van der Waals surface area contributed by atoms with Crippen molar-refractivity contribution in [2.75, 3.05) is 25.1 Å². The summed E-state index contributed by atoms with van der Waals surface area (Å²) in [6, 6.07) is 2.38. The van der Waals surface area contributed by atoms with Crippen molar-refractivity contribution < 1.29 is 21.2 Å². The minimum absolute atomic E-state index is 0.0296. The third kappa shape index (κ3) is 5.58. The van der Waals surface area contributed by atoms with Crippen LogP contribution in [0.5, 0.6) is 0 Å². The van der Waals surface area contributed by atoms with Crippen molar-refractivity contribution in [2.24, 2.45) is 0 Å². The third-order valence-corrected chi connectivity index (χ3v) is 4.73. The summed E-state index contributed by atoms with van der Waals surface area (Å²) in [5, 5.41) is 0. The molecule has 0 bridgehead atoms. The monoisotopic (exact) mass is 339 g/mol. The van der Waals surface area contributed by atoms with Gasteiger partial charge in [-0.05, 0) is 31.0 Å². The van der Waals surface area contributed by atoms with Crippen molar-refractivity contribution in [3.05, 3.63) is 23.5 Å². The van der Waals surface area contributed by atoms with Gasteiger partial charge in [-0.25, -0.2) is 30.7 Å². The molecule has 1 aromatic rings. The minimum atomic E-state index is -4.03. The molecule has 0 spiro atoms. The van der Waals surface area contributed by atoms with E-state index in [1.165, 1.54) is 13.0 Å². The van der Waals surface area contributed by atoms with E-state index in [0.29, 0.717) is 0 Å². The number of aryl methyl sites for hydroxylation is 1. The fraction of sp³-hybridized carbons (Fsp3) is 0.455. The van der Waals surface area contributed by atoms with Gasteiger partial charge >= 0.3 is 0 Å². The van der Waals surface area contributed by atoms with Crippen LogP contribution in [0.3, 0.4) is 0 Å². The number of nitrogen functional groups attached to an aromatic ring is 1. The molecule has 0 atom stereocenters. The smallest absolute Gasteiger partial charge is 0.243 e. The Bertz CT molecular complexity index is 717. The van der Waals surface area contributed by atoms with Crippen molar-refractivity contribution in [3.63, 3.8) is 0 Å². The molecular weight excluding hydrogens is 321 g/mol. The van der Waals surface area contributed by atoms with E-state index in [9.17, 15) is 21.2 Å². The maximum absolute atomic E-state index is 13.8. The van der Waals surface area contributed by atoms with E-state index in [2.05, 4.69) is 9.44 Å². The maximum Gasteiger partial charge on any atom is 0.243 e. The van der Waals surface area contributed by atoms with Gasteiger partial charge in [-0.1, -0.05) is 0 Å². The van der Waals surface area contributed by atoms with E-state index in [4.69, 9.17) is 5.73 Å². The molecule has 0 radical (unpaired) electrons. The lowest BCUT2D eigenvalue weighted by atomic mass is 10.2. The predicted molar refractivity (Wildman–Crippen MR) is 78.2 cm³/mol. The van der Waals surface area contributed by atoms with Gasteiger partial charge in [0.05, 0.1) is 6.26 Å². The quantitative estimate of drug-likeness (QED) is 0.475. The van der Waals surface area contributed by atoms with Gasteiger partial charge in [0, 0.05) is 18.8 Å². The van der Waals surface area contributed by atoms with Crippen LogP contribution in [0.1, 0.15) is 12.0 Å². The molecule has 0 aliphatic heterocycles. The van der Waals surface area contributed by atoms with Crippen molar-refractivity contribution in [3.8, 4) is 0 Å². The molecule has 7 nitrogen and oxygen atoms in total. The molecule has 0 aliphatic rings. The normalized spacial score (nSPS) is 12.5. The first kappa shape index (κ1) is 17.8. The van der Waals surface area contributed by atoms with E-state index >= 15 is 0 Å². The molecule has 0 saturated carbocycles. The number of hydrogen-bond donors (Lipinski definition) is 3. The first-order valence-corrected chi connectivity index (χ1v) is 9.40. The lowest BCUT2D eigenvalue weighted by Crippen LogP contribution is -2.30. The number of benzene rings is 1. The Kier molecular flexibility index (Phi) is 5.68. The summed E-state index contributed by atoms with van der Waals surface area (Å²) in [4.78, 5) is -0.518. The van der Waals surface area contributed by atoms with Crippen LogP contribution in [0, 0.1) is 12.7 Å². The summed E-state index contributed by atoms with van der Waals surface area (Å²) < 4.78 is 63.8. The van der Waals surface area contributed by atoms with Crippen LogP contribution < -0.4 is 15.2 Å². The molecule has 0 heterocycles. The fourth-order valence-corrected chi connectivity index (χ4v) is 3.36. The van der Waals surface area contributed by atoms with Crippen molar-refractivity contribution in [1.29, 1.82) is 0 Å². The van der Waals surface area contributed by atoms with Gasteiger partial charge in [0.25, 0.3) is 0 Å². The number of sulfonamides is 2. The van der Waals surface area contributed by atoms with Gasteiger partial charge in [0.15, 0.2) is 0 Å². The van der Waals surface area contributed by atoms with Crippen LogP contribution in [-0.4, -0.2) is 36.2 Å². The molecule has 1 rings (SSSR count). The molecule has 21 heavy (non-hydrogen) atoms. The Morgan fingerprint density at radius 2 is 1.71 bits per heavy atom. The first-order chi connectivity index (χ1) is 9.53. The lowest BCUT2D eigenvalue weighted by Gasteiger charge is -2.10. The average Bonchev–Trinajstić information content (AvgIpc) is 2.31. The zero-order valence-electron chi connectivity index (χ0n) is 11.7. The van der Waals surface area contributed by atoms with Crippen molar-refractivity contribution in [1.82, 2.24) is 9.44 Å². The molecule has 0 amide bonds. The Hall–Kier alpha value is -1.23. The summed E-state index contributed by atoms with van der Waals surface area (Å²) >= 11 is 0. The van der Waals surface area contributed by atoms with Gasteiger partial charge in [-0.15, -0.1) is 0 Å². The zero-order valence-corrected chi connectivity index (χ0v) is 13.3. The highest BCUT2D eigenvalue weighted by Crippen LogP contribution is 2.21. The molecule has 0 aromatic heterocycles. The molecule has 0 fully saturated rings. The van der Waals surface area contributed by atoms with Crippen LogP contribution in [-0.2, 0) is 20.0 Å². The van der Waals surface area contributed by atoms with E-state index in [-0.39, 0.29) is 30.8 Å². The van der Waals surface area contributed by atoms with Crippen LogP contribution in [0.25, 0.3) is 0 Å². The van der Waals surface area contributed by atoms with Crippen LogP contribution in [0.15, 0.2) is 17.0 Å². The predicted octanol–water partition coefficient (Wildman–Crippen LogP) is -0.0661. The summed E-state index contributed by atoms with van der Waals surface area (Å²) in [5.74, 6) is -0.856. The van der Waals surface area contributed by atoms with Gasteiger partial charge in [0.1, 0.15) is 10.7 Å². The number of nitrogens with one attached hydrogen (secondary N) is 2. The molecule has 1 aromatic carbocycles. The van der Waals surface area contributed by atoms with E-state index < -0.39 is 30.8 Å². The second-order valence-corrected chi connectivity index (χ2v) is 8.14. The highest BCUT2D eigenvalue weighted by Gasteiger charge is 2.20. The lowest BCUT2D eigenvalue weighted by molar-refractivity contribution is 0.551. The fourth-order valence-electron chi connectivity index (χ4n) is 1.59. The minimum Gasteiger partial charge on any atom is -0.399 e. The van der Waals surface area contributed by atoms with Crippen molar-refractivity contribution >= 4 is 25.7 Å². The van der Waals surface area contributed by atoms with E-state index in [0.717, 1.165) is 12.3 Å². The summed E-state index contributed by atoms with van der Waals surface area (Å²) in [6.07, 6.45) is 1.23. The van der Waals surface area contributed by atoms with Gasteiger partial charge in [-0.2, -0.15) is 0 Å². The summed E-state index contributed by atoms with van der Waals surface area (Å²) in [5.41, 5.74) is 5.79. The van der Waals surface area contributed by atoms with Gasteiger partial charge in [0.2, 0.25) is 20.0 Å². The third-order valence-electron chi connectivity index (χ3n) is 2.54.